The number of hydrogen-bond donors (Lipinski definition) is 0. The monoisotopic (exact) mass is 222 g/mol. The number of aryl methyl sites for hydroxylation is 1. The Labute approximate surface area is 101 Å². The predicted octanol–water partition coefficient (Wildman–Crippen LogP) is 3.48. The van der Waals surface area contributed by atoms with Gasteiger partial charge < -0.3 is 9.13 Å². The highest BCUT2D eigenvalue weighted by Gasteiger charge is 2.07. The average molecular weight is 222 g/mol. The van der Waals surface area contributed by atoms with Crippen LogP contribution in [0.1, 0.15) is 0 Å². The lowest BCUT2D eigenvalue weighted by Gasteiger charge is -2.10. The van der Waals surface area contributed by atoms with Crippen molar-refractivity contribution in [3.8, 4) is 17.1 Å². The first-order chi connectivity index (χ1) is 8.36. The second-order valence-electron chi connectivity index (χ2n) is 4.10. The summed E-state index contributed by atoms with van der Waals surface area (Å²) in [4.78, 5) is 0. The van der Waals surface area contributed by atoms with E-state index in [0.717, 1.165) is 0 Å². The van der Waals surface area contributed by atoms with Crippen molar-refractivity contribution in [1.29, 1.82) is 0 Å². The fraction of sp³-hybridized carbons (Fsp3) is 0.0667. The van der Waals surface area contributed by atoms with Crippen molar-refractivity contribution in [2.45, 2.75) is 0 Å². The molecule has 2 nitrogen and oxygen atoms in total. The average Bonchev–Trinajstić information content (AvgIpc) is 2.98. The van der Waals surface area contributed by atoms with E-state index in [0.29, 0.717) is 0 Å². The van der Waals surface area contributed by atoms with Crippen LogP contribution >= 0.6 is 0 Å². The van der Waals surface area contributed by atoms with Gasteiger partial charge in [0.25, 0.3) is 0 Å². The Balaban J connectivity index is 2.16. The van der Waals surface area contributed by atoms with Gasteiger partial charge in [0.1, 0.15) is 0 Å². The van der Waals surface area contributed by atoms with Crippen LogP contribution in [0.2, 0.25) is 0 Å². The molecule has 0 saturated carbocycles. The first kappa shape index (κ1) is 9.97. The van der Waals surface area contributed by atoms with Crippen molar-refractivity contribution in [3.05, 3.63) is 67.0 Å². The zero-order chi connectivity index (χ0) is 11.7. The minimum Gasteiger partial charge on any atom is -0.349 e. The quantitative estimate of drug-likeness (QED) is 0.628. The largest absolute Gasteiger partial charge is 0.349 e. The maximum atomic E-state index is 2.20. The van der Waals surface area contributed by atoms with E-state index in [4.69, 9.17) is 0 Å². The molecule has 2 heterocycles. The molecular weight excluding hydrogens is 208 g/mol. The van der Waals surface area contributed by atoms with Crippen molar-refractivity contribution >= 4 is 0 Å². The van der Waals surface area contributed by atoms with E-state index in [1.54, 1.807) is 0 Å². The molecule has 84 valence electrons. The van der Waals surface area contributed by atoms with E-state index in [9.17, 15) is 0 Å². The van der Waals surface area contributed by atoms with Crippen LogP contribution in [0.4, 0.5) is 0 Å². The molecule has 0 aliphatic carbocycles. The lowest BCUT2D eigenvalue weighted by molar-refractivity contribution is 0.921. The molecule has 17 heavy (non-hydrogen) atoms. The van der Waals surface area contributed by atoms with Crippen molar-refractivity contribution in [2.24, 2.45) is 7.05 Å². The van der Waals surface area contributed by atoms with Crippen LogP contribution in [0.25, 0.3) is 17.1 Å². The van der Waals surface area contributed by atoms with Crippen molar-refractivity contribution in [2.75, 3.05) is 0 Å². The summed E-state index contributed by atoms with van der Waals surface area (Å²) < 4.78 is 4.34. The molecule has 0 amide bonds. The predicted molar refractivity (Wildman–Crippen MR) is 70.2 cm³/mol. The van der Waals surface area contributed by atoms with Crippen LogP contribution in [0, 0.1) is 0 Å². The second kappa shape index (κ2) is 3.98. The van der Waals surface area contributed by atoms with Crippen LogP contribution in [-0.4, -0.2) is 9.13 Å². The standard InChI is InChI=1S/C15H14N2/c1-16-11-5-9-14(16)15-10-6-12-17(15)13-7-3-2-4-8-13/h2-12H,1H3. The van der Waals surface area contributed by atoms with Gasteiger partial charge >= 0.3 is 0 Å². The third-order valence-corrected chi connectivity index (χ3v) is 2.99. The van der Waals surface area contributed by atoms with Gasteiger partial charge in [-0.15, -0.1) is 0 Å². The van der Waals surface area contributed by atoms with E-state index in [2.05, 4.69) is 77.1 Å². The Morgan fingerprint density at radius 3 is 2.12 bits per heavy atom. The van der Waals surface area contributed by atoms with Gasteiger partial charge in [-0.05, 0) is 36.4 Å². The summed E-state index contributed by atoms with van der Waals surface area (Å²) in [6.07, 6.45) is 4.16. The molecule has 0 radical (unpaired) electrons. The highest BCUT2D eigenvalue weighted by Crippen LogP contribution is 2.23. The van der Waals surface area contributed by atoms with Gasteiger partial charge in [0, 0.05) is 25.1 Å². The molecule has 0 aliphatic heterocycles. The molecule has 0 atom stereocenters. The Bertz CT molecular complexity index is 617. The van der Waals surface area contributed by atoms with Gasteiger partial charge in [0.05, 0.1) is 11.4 Å². The SMILES string of the molecule is Cn1cccc1-c1cccn1-c1ccccc1. The summed E-state index contributed by atoms with van der Waals surface area (Å²) >= 11 is 0. The summed E-state index contributed by atoms with van der Waals surface area (Å²) in [5.41, 5.74) is 3.62. The molecule has 1 aromatic carbocycles. The molecule has 0 fully saturated rings. The van der Waals surface area contributed by atoms with Crippen LogP contribution in [0.5, 0.6) is 0 Å². The minimum atomic E-state index is 1.19. The van der Waals surface area contributed by atoms with E-state index < -0.39 is 0 Å². The van der Waals surface area contributed by atoms with E-state index in [-0.39, 0.29) is 0 Å². The molecular formula is C15H14N2. The molecule has 2 aromatic heterocycles. The number of nitrogens with zero attached hydrogens (tertiary/aromatic N) is 2. The van der Waals surface area contributed by atoms with E-state index in [1.165, 1.54) is 17.1 Å². The molecule has 0 spiro atoms. The number of aromatic nitrogens is 2. The Morgan fingerprint density at radius 1 is 0.706 bits per heavy atom. The zero-order valence-corrected chi connectivity index (χ0v) is 9.75. The third kappa shape index (κ3) is 1.68. The second-order valence-corrected chi connectivity index (χ2v) is 4.10. The van der Waals surface area contributed by atoms with Crippen molar-refractivity contribution < 1.29 is 0 Å². The first-order valence-corrected chi connectivity index (χ1v) is 5.71. The van der Waals surface area contributed by atoms with E-state index in [1.807, 2.05) is 6.07 Å². The Hall–Kier alpha value is -2.22. The zero-order valence-electron chi connectivity index (χ0n) is 9.75. The third-order valence-electron chi connectivity index (χ3n) is 2.99. The number of benzene rings is 1. The van der Waals surface area contributed by atoms with Crippen LogP contribution in [0.3, 0.4) is 0 Å². The Kier molecular flexibility index (Phi) is 2.33. The topological polar surface area (TPSA) is 9.86 Å². The number of para-hydroxylation sites is 1. The molecule has 0 saturated heterocycles. The highest BCUT2D eigenvalue weighted by atomic mass is 15.0. The van der Waals surface area contributed by atoms with Gasteiger partial charge in [-0.25, -0.2) is 0 Å². The molecule has 0 N–H and O–H groups in total. The molecule has 3 aromatic rings. The lowest BCUT2D eigenvalue weighted by Crippen LogP contribution is -1.97. The summed E-state index contributed by atoms with van der Waals surface area (Å²) in [5, 5.41) is 0. The summed E-state index contributed by atoms with van der Waals surface area (Å²) in [6.45, 7) is 0. The molecule has 0 unspecified atom stereocenters. The van der Waals surface area contributed by atoms with Gasteiger partial charge in [-0.2, -0.15) is 0 Å². The molecule has 0 aliphatic rings. The van der Waals surface area contributed by atoms with Crippen molar-refractivity contribution in [3.63, 3.8) is 0 Å². The Morgan fingerprint density at radius 2 is 1.41 bits per heavy atom. The van der Waals surface area contributed by atoms with E-state index >= 15 is 0 Å². The smallest absolute Gasteiger partial charge is 0.0693 e. The molecule has 3 rings (SSSR count). The summed E-state index contributed by atoms with van der Waals surface area (Å²) in [6, 6.07) is 18.8. The van der Waals surface area contributed by atoms with Gasteiger partial charge in [0.2, 0.25) is 0 Å². The van der Waals surface area contributed by atoms with Crippen LogP contribution in [-0.2, 0) is 7.05 Å². The summed E-state index contributed by atoms with van der Waals surface area (Å²) in [7, 11) is 2.07. The minimum absolute atomic E-state index is 1.19. The lowest BCUT2D eigenvalue weighted by atomic mass is 10.2. The van der Waals surface area contributed by atoms with Crippen LogP contribution in [0.15, 0.2) is 67.0 Å². The summed E-state index contributed by atoms with van der Waals surface area (Å²) in [5.74, 6) is 0. The van der Waals surface area contributed by atoms with Crippen molar-refractivity contribution in [1.82, 2.24) is 9.13 Å². The molecule has 0 bridgehead atoms. The van der Waals surface area contributed by atoms with Crippen LogP contribution < -0.4 is 0 Å². The number of hydrogen-bond acceptors (Lipinski definition) is 0. The highest BCUT2D eigenvalue weighted by molar-refractivity contribution is 5.59. The fourth-order valence-corrected chi connectivity index (χ4v) is 2.13. The normalized spacial score (nSPS) is 10.6. The molecule has 2 heteroatoms. The van der Waals surface area contributed by atoms with Gasteiger partial charge in [-0.1, -0.05) is 18.2 Å². The first-order valence-electron chi connectivity index (χ1n) is 5.71. The van der Waals surface area contributed by atoms with Gasteiger partial charge in [-0.3, -0.25) is 0 Å². The maximum Gasteiger partial charge on any atom is 0.0693 e. The fourth-order valence-electron chi connectivity index (χ4n) is 2.13. The van der Waals surface area contributed by atoms with Gasteiger partial charge in [0.15, 0.2) is 0 Å². The number of rotatable bonds is 2. The maximum absolute atomic E-state index is 2.20.